The maximum atomic E-state index is 13.2. The van der Waals surface area contributed by atoms with Crippen LogP contribution in [0.4, 0.5) is 0 Å². The molecule has 2 atom stereocenters. The fourth-order valence-corrected chi connectivity index (χ4v) is 3.14. The Morgan fingerprint density at radius 1 is 0.727 bits per heavy atom. The second-order valence-corrected chi connectivity index (χ2v) is 5.91. The molecule has 0 aliphatic carbocycles. The molecule has 0 spiro atoms. The third kappa shape index (κ3) is 4.07. The van der Waals surface area contributed by atoms with E-state index in [1.165, 1.54) is 0 Å². The van der Waals surface area contributed by atoms with Crippen molar-refractivity contribution < 1.29 is 4.79 Å². The second-order valence-electron chi connectivity index (χ2n) is 5.91. The zero-order chi connectivity index (χ0) is 15.8. The predicted octanol–water partition coefficient (Wildman–Crippen LogP) is 5.72. The standard InChI is InChI=1S/C21H26O/c1-3-11-19(17-13-7-5-8-14-17)21(22)20(12-4-2)18-15-9-6-10-16-18/h5-10,13-16,19-20H,3-4,11-12H2,1-2H3. The first kappa shape index (κ1) is 16.5. The summed E-state index contributed by atoms with van der Waals surface area (Å²) in [5.74, 6) is 0.409. The Bertz CT molecular complexity index is 507. The highest BCUT2D eigenvalue weighted by molar-refractivity contribution is 5.91. The molecule has 2 unspecified atom stereocenters. The van der Waals surface area contributed by atoms with Gasteiger partial charge in [-0.05, 0) is 24.0 Å². The molecule has 0 amide bonds. The third-order valence-electron chi connectivity index (χ3n) is 4.25. The van der Waals surface area contributed by atoms with Gasteiger partial charge in [0.25, 0.3) is 0 Å². The molecule has 0 saturated heterocycles. The molecular weight excluding hydrogens is 268 g/mol. The molecule has 0 N–H and O–H groups in total. The average molecular weight is 294 g/mol. The van der Waals surface area contributed by atoms with Crippen molar-refractivity contribution in [2.75, 3.05) is 0 Å². The van der Waals surface area contributed by atoms with Gasteiger partial charge in [-0.15, -0.1) is 0 Å². The summed E-state index contributed by atoms with van der Waals surface area (Å²) >= 11 is 0. The Kier molecular flexibility index (Phi) is 6.39. The summed E-state index contributed by atoms with van der Waals surface area (Å²) in [5.41, 5.74) is 2.32. The summed E-state index contributed by atoms with van der Waals surface area (Å²) in [7, 11) is 0. The van der Waals surface area contributed by atoms with Crippen molar-refractivity contribution in [2.24, 2.45) is 0 Å². The first-order chi connectivity index (χ1) is 10.8. The van der Waals surface area contributed by atoms with Crippen LogP contribution < -0.4 is 0 Å². The van der Waals surface area contributed by atoms with Gasteiger partial charge in [-0.1, -0.05) is 87.4 Å². The molecule has 0 fully saturated rings. The van der Waals surface area contributed by atoms with Gasteiger partial charge in [0.1, 0.15) is 5.78 Å². The van der Waals surface area contributed by atoms with E-state index in [0.717, 1.165) is 36.8 Å². The van der Waals surface area contributed by atoms with Crippen molar-refractivity contribution in [1.29, 1.82) is 0 Å². The van der Waals surface area contributed by atoms with Crippen LogP contribution in [0.5, 0.6) is 0 Å². The first-order valence-electron chi connectivity index (χ1n) is 8.41. The molecule has 2 aromatic rings. The van der Waals surface area contributed by atoms with Crippen LogP contribution in [0.1, 0.15) is 62.5 Å². The fraction of sp³-hybridized carbons (Fsp3) is 0.381. The minimum Gasteiger partial charge on any atom is -0.298 e. The molecule has 22 heavy (non-hydrogen) atoms. The van der Waals surface area contributed by atoms with Crippen molar-refractivity contribution in [2.45, 2.75) is 51.4 Å². The Hall–Kier alpha value is -1.89. The van der Waals surface area contributed by atoms with Crippen molar-refractivity contribution in [3.05, 3.63) is 71.8 Å². The number of rotatable bonds is 8. The molecule has 2 aromatic carbocycles. The van der Waals surface area contributed by atoms with Crippen LogP contribution in [0.2, 0.25) is 0 Å². The highest BCUT2D eigenvalue weighted by atomic mass is 16.1. The molecule has 0 aliphatic heterocycles. The molecule has 2 rings (SSSR count). The quantitative estimate of drug-likeness (QED) is 0.608. The van der Waals surface area contributed by atoms with Gasteiger partial charge in [-0.25, -0.2) is 0 Å². The number of carbonyl (C=O) groups excluding carboxylic acids is 1. The maximum Gasteiger partial charge on any atom is 0.147 e. The number of hydrogen-bond acceptors (Lipinski definition) is 1. The highest BCUT2D eigenvalue weighted by Gasteiger charge is 2.28. The van der Waals surface area contributed by atoms with E-state index in [9.17, 15) is 4.79 Å². The lowest BCUT2D eigenvalue weighted by atomic mass is 9.79. The summed E-state index contributed by atoms with van der Waals surface area (Å²) in [6, 6.07) is 20.5. The van der Waals surface area contributed by atoms with Gasteiger partial charge >= 0.3 is 0 Å². The van der Waals surface area contributed by atoms with Crippen LogP contribution in [0.3, 0.4) is 0 Å². The lowest BCUT2D eigenvalue weighted by molar-refractivity contribution is -0.122. The zero-order valence-electron chi connectivity index (χ0n) is 13.7. The van der Waals surface area contributed by atoms with Crippen LogP contribution in [-0.4, -0.2) is 5.78 Å². The van der Waals surface area contributed by atoms with E-state index in [1.807, 2.05) is 36.4 Å². The van der Waals surface area contributed by atoms with E-state index in [-0.39, 0.29) is 11.8 Å². The minimum absolute atomic E-state index is 0.0166. The smallest absolute Gasteiger partial charge is 0.147 e. The lowest BCUT2D eigenvalue weighted by Gasteiger charge is -2.23. The van der Waals surface area contributed by atoms with E-state index >= 15 is 0 Å². The van der Waals surface area contributed by atoms with Gasteiger partial charge in [-0.2, -0.15) is 0 Å². The molecule has 0 aliphatic rings. The fourth-order valence-electron chi connectivity index (χ4n) is 3.14. The summed E-state index contributed by atoms with van der Waals surface area (Å²) < 4.78 is 0. The van der Waals surface area contributed by atoms with Crippen LogP contribution >= 0.6 is 0 Å². The van der Waals surface area contributed by atoms with E-state index in [1.54, 1.807) is 0 Å². The minimum atomic E-state index is 0.0166. The predicted molar refractivity (Wildman–Crippen MR) is 93.2 cm³/mol. The first-order valence-corrected chi connectivity index (χ1v) is 8.41. The summed E-state index contributed by atoms with van der Waals surface area (Å²) in [5, 5.41) is 0. The summed E-state index contributed by atoms with van der Waals surface area (Å²) in [6.07, 6.45) is 3.91. The van der Waals surface area contributed by atoms with Crippen molar-refractivity contribution in [3.8, 4) is 0 Å². The molecule has 0 radical (unpaired) electrons. The van der Waals surface area contributed by atoms with Crippen LogP contribution in [0.15, 0.2) is 60.7 Å². The Morgan fingerprint density at radius 3 is 1.41 bits per heavy atom. The van der Waals surface area contributed by atoms with Gasteiger partial charge in [-0.3, -0.25) is 4.79 Å². The van der Waals surface area contributed by atoms with Crippen molar-refractivity contribution >= 4 is 5.78 Å². The van der Waals surface area contributed by atoms with Gasteiger partial charge in [0.15, 0.2) is 0 Å². The van der Waals surface area contributed by atoms with Gasteiger partial charge in [0.05, 0.1) is 0 Å². The summed E-state index contributed by atoms with van der Waals surface area (Å²) in [6.45, 7) is 4.31. The third-order valence-corrected chi connectivity index (χ3v) is 4.25. The topological polar surface area (TPSA) is 17.1 Å². The largest absolute Gasteiger partial charge is 0.298 e. The van der Waals surface area contributed by atoms with Crippen molar-refractivity contribution in [3.63, 3.8) is 0 Å². The molecule has 0 saturated carbocycles. The van der Waals surface area contributed by atoms with E-state index < -0.39 is 0 Å². The van der Waals surface area contributed by atoms with Gasteiger partial charge < -0.3 is 0 Å². The number of hydrogen-bond donors (Lipinski definition) is 0. The molecular formula is C21H26O. The molecule has 116 valence electrons. The highest BCUT2D eigenvalue weighted by Crippen LogP contribution is 2.32. The molecule has 0 bridgehead atoms. The van der Waals surface area contributed by atoms with E-state index in [4.69, 9.17) is 0 Å². The Balaban J connectivity index is 2.30. The van der Waals surface area contributed by atoms with E-state index in [2.05, 4.69) is 38.1 Å². The molecule has 0 heterocycles. The molecule has 1 nitrogen and oxygen atoms in total. The number of ketones is 1. The number of benzene rings is 2. The van der Waals surface area contributed by atoms with Gasteiger partial charge in [0, 0.05) is 11.8 Å². The zero-order valence-corrected chi connectivity index (χ0v) is 13.7. The monoisotopic (exact) mass is 294 g/mol. The maximum absolute atomic E-state index is 13.2. The SMILES string of the molecule is CCCC(C(=O)C(CCC)c1ccccc1)c1ccccc1. The van der Waals surface area contributed by atoms with E-state index in [0.29, 0.717) is 5.78 Å². The number of Topliss-reactive ketones (excluding diaryl/α,β-unsaturated/α-hetero) is 1. The van der Waals surface area contributed by atoms with Crippen LogP contribution in [0.25, 0.3) is 0 Å². The normalized spacial score (nSPS) is 13.5. The molecule has 0 aromatic heterocycles. The van der Waals surface area contributed by atoms with Crippen LogP contribution in [-0.2, 0) is 4.79 Å². The van der Waals surface area contributed by atoms with Crippen molar-refractivity contribution in [1.82, 2.24) is 0 Å². The molecule has 1 heteroatoms. The lowest BCUT2D eigenvalue weighted by Crippen LogP contribution is -2.21. The van der Waals surface area contributed by atoms with Crippen LogP contribution in [0, 0.1) is 0 Å². The Morgan fingerprint density at radius 2 is 1.09 bits per heavy atom. The Labute approximate surface area is 134 Å². The second kappa shape index (κ2) is 8.53. The van der Waals surface area contributed by atoms with Gasteiger partial charge in [0.2, 0.25) is 0 Å². The average Bonchev–Trinajstić information content (AvgIpc) is 2.58. The summed E-state index contributed by atoms with van der Waals surface area (Å²) in [4.78, 5) is 13.2. The number of carbonyl (C=O) groups is 1.